The van der Waals surface area contributed by atoms with Crippen molar-refractivity contribution in [3.63, 3.8) is 0 Å². The number of benzene rings is 1. The van der Waals surface area contributed by atoms with Crippen LogP contribution >= 0.6 is 23.5 Å². The van der Waals surface area contributed by atoms with Crippen molar-refractivity contribution in [1.29, 1.82) is 0 Å². The number of fused-ring (bicyclic) bond motifs is 1. The first-order valence-corrected chi connectivity index (χ1v) is 12.2. The van der Waals surface area contributed by atoms with E-state index >= 15 is 0 Å². The minimum absolute atomic E-state index is 0.00795. The highest BCUT2D eigenvalue weighted by atomic mass is 32.2. The lowest BCUT2D eigenvalue weighted by atomic mass is 9.91. The third-order valence-corrected chi connectivity index (χ3v) is 8.45. The number of aliphatic hydroxyl groups is 1. The molecule has 1 fully saturated rings. The Balaban J connectivity index is 1.62. The quantitative estimate of drug-likeness (QED) is 0.219. The van der Waals surface area contributed by atoms with E-state index in [-0.39, 0.29) is 22.9 Å². The van der Waals surface area contributed by atoms with E-state index in [1.54, 1.807) is 37.3 Å². The van der Waals surface area contributed by atoms with E-state index in [2.05, 4.69) is 25.9 Å². The number of hydrogen-bond donors (Lipinski definition) is 5. The molecule has 0 saturated carbocycles. The zero-order chi connectivity index (χ0) is 25.3. The van der Waals surface area contributed by atoms with Gasteiger partial charge < -0.3 is 20.6 Å². The van der Waals surface area contributed by atoms with Crippen LogP contribution in [0, 0.1) is 0 Å². The molecule has 3 unspecified atom stereocenters. The van der Waals surface area contributed by atoms with Crippen molar-refractivity contribution in [2.45, 2.75) is 40.8 Å². The fraction of sp³-hybridized carbons (Fsp3) is 0.350. The summed E-state index contributed by atoms with van der Waals surface area (Å²) in [5.41, 5.74) is -0.0994. The average Bonchev–Trinajstić information content (AvgIpc) is 3.37. The first-order valence-electron chi connectivity index (χ1n) is 10.3. The number of aliphatic hydroxyl groups excluding tert-OH is 1. The van der Waals surface area contributed by atoms with Crippen LogP contribution in [0.5, 0.6) is 0 Å². The van der Waals surface area contributed by atoms with E-state index in [4.69, 9.17) is 0 Å². The number of carboxylic acids is 2. The second kappa shape index (κ2) is 9.67. The van der Waals surface area contributed by atoms with Crippen LogP contribution in [-0.2, 0) is 19.2 Å². The summed E-state index contributed by atoms with van der Waals surface area (Å²) in [6, 6.07) is 7.07. The van der Waals surface area contributed by atoms with Crippen LogP contribution < -0.4 is 5.32 Å². The van der Waals surface area contributed by atoms with Gasteiger partial charge in [-0.1, -0.05) is 49.0 Å². The average molecular weight is 521 g/mol. The number of amides is 2. The molecule has 4 atom stereocenters. The van der Waals surface area contributed by atoms with Crippen LogP contribution in [0.25, 0.3) is 0 Å². The first-order chi connectivity index (χ1) is 16.7. The summed E-state index contributed by atoms with van der Waals surface area (Å²) < 4.78 is -1.77. The van der Waals surface area contributed by atoms with Gasteiger partial charge in [-0.25, -0.2) is 4.79 Å². The van der Waals surface area contributed by atoms with Gasteiger partial charge >= 0.3 is 11.9 Å². The number of rotatable bonds is 9. The normalized spacial score (nSPS) is 22.0. The maximum atomic E-state index is 13.0. The number of nitrogens with zero attached hydrogens (tertiary/aromatic N) is 4. The highest BCUT2D eigenvalue weighted by Gasteiger charge is 2.58. The Bertz CT molecular complexity index is 1190. The number of carboxylic acid groups (broad SMARTS) is 2. The van der Waals surface area contributed by atoms with Gasteiger partial charge in [0.05, 0.1) is 0 Å². The number of aliphatic carboxylic acids is 2. The van der Waals surface area contributed by atoms with Crippen molar-refractivity contribution in [2.75, 3.05) is 5.75 Å². The molecule has 0 bridgehead atoms. The van der Waals surface area contributed by atoms with E-state index in [1.807, 2.05) is 0 Å². The molecular weight excluding hydrogens is 500 g/mol. The van der Waals surface area contributed by atoms with Gasteiger partial charge in [0.1, 0.15) is 21.9 Å². The van der Waals surface area contributed by atoms with Crippen LogP contribution in [0.4, 0.5) is 0 Å². The Morgan fingerprint density at radius 2 is 2.03 bits per heavy atom. The Kier molecular flexibility index (Phi) is 6.82. The molecule has 2 aromatic rings. The minimum atomic E-state index is -1.77. The SMILES string of the molecule is CCC(Sc1nn[nH]n1)(C(=O)O)C1=C(C(=O)O)N2C(=O)C(NC(=O)C(O)c3ccccc3)[C@@H]2SC1. The Hall–Kier alpha value is -3.43. The number of thioether (sulfide) groups is 2. The molecule has 1 aromatic heterocycles. The fourth-order valence-corrected chi connectivity index (χ4v) is 6.52. The number of H-pyrrole nitrogens is 1. The van der Waals surface area contributed by atoms with Gasteiger partial charge in [0.2, 0.25) is 5.16 Å². The van der Waals surface area contributed by atoms with Crippen molar-refractivity contribution in [1.82, 2.24) is 30.8 Å². The van der Waals surface area contributed by atoms with Gasteiger partial charge in [-0.3, -0.25) is 19.3 Å². The van der Waals surface area contributed by atoms with E-state index < -0.39 is 51.7 Å². The topological polar surface area (TPSA) is 199 Å². The summed E-state index contributed by atoms with van der Waals surface area (Å²) in [6.45, 7) is 1.58. The predicted molar refractivity (Wildman–Crippen MR) is 122 cm³/mol. The summed E-state index contributed by atoms with van der Waals surface area (Å²) >= 11 is 1.85. The van der Waals surface area contributed by atoms with E-state index in [1.165, 1.54) is 0 Å². The van der Waals surface area contributed by atoms with Gasteiger partial charge in [-0.2, -0.15) is 5.21 Å². The molecule has 15 heteroatoms. The van der Waals surface area contributed by atoms with Crippen molar-refractivity contribution < 1.29 is 34.5 Å². The number of carbonyl (C=O) groups is 4. The van der Waals surface area contributed by atoms with Crippen molar-refractivity contribution in [2.24, 2.45) is 0 Å². The van der Waals surface area contributed by atoms with Gasteiger partial charge in [0, 0.05) is 5.75 Å². The summed E-state index contributed by atoms with van der Waals surface area (Å²) in [5.74, 6) is -4.34. The Morgan fingerprint density at radius 1 is 1.31 bits per heavy atom. The molecule has 1 aromatic carbocycles. The number of hydrogen-bond acceptors (Lipinski definition) is 10. The van der Waals surface area contributed by atoms with Gasteiger partial charge in [0.25, 0.3) is 11.8 Å². The van der Waals surface area contributed by atoms with Gasteiger partial charge in [-0.05, 0) is 22.8 Å². The van der Waals surface area contributed by atoms with Gasteiger partial charge in [0.15, 0.2) is 6.10 Å². The highest BCUT2D eigenvalue weighted by Crippen LogP contribution is 2.49. The number of carbonyl (C=O) groups excluding carboxylic acids is 2. The van der Waals surface area contributed by atoms with Crippen LogP contribution in [0.1, 0.15) is 25.0 Å². The lowest BCUT2D eigenvalue weighted by Gasteiger charge is -2.51. The zero-order valence-corrected chi connectivity index (χ0v) is 19.7. The molecule has 35 heavy (non-hydrogen) atoms. The van der Waals surface area contributed by atoms with Crippen molar-refractivity contribution in [3.8, 4) is 0 Å². The van der Waals surface area contributed by atoms with Crippen LogP contribution in [0.3, 0.4) is 0 Å². The number of nitrogens with one attached hydrogen (secondary N) is 2. The first kappa shape index (κ1) is 24.7. The van der Waals surface area contributed by atoms with Crippen molar-refractivity contribution in [3.05, 3.63) is 47.2 Å². The molecule has 13 nitrogen and oxygen atoms in total. The standard InChI is InChI=1S/C20H20N6O7S2/c1-2-20(18(32)33,35-19-22-24-25-23-19)10-8-34-16-11(15(29)26(16)12(10)17(30)31)21-14(28)13(27)9-6-4-3-5-7-9/h3-7,11,13,16,27H,2,8H2,1H3,(H,21,28)(H,30,31)(H,32,33)(H,22,23,24,25)/t11?,13?,16-,20?/m0/s1. The molecule has 184 valence electrons. The number of tetrazole rings is 1. The zero-order valence-electron chi connectivity index (χ0n) is 18.1. The Labute approximate surface area is 206 Å². The number of aromatic nitrogens is 4. The second-order valence-corrected chi connectivity index (χ2v) is 9.99. The van der Waals surface area contributed by atoms with Crippen LogP contribution in [-0.4, -0.2) is 86.5 Å². The third-order valence-electron chi connectivity index (χ3n) is 5.75. The maximum absolute atomic E-state index is 13.0. The summed E-state index contributed by atoms with van der Waals surface area (Å²) in [7, 11) is 0. The largest absolute Gasteiger partial charge is 0.480 e. The molecule has 0 spiro atoms. The summed E-state index contributed by atoms with van der Waals surface area (Å²) in [4.78, 5) is 51.2. The maximum Gasteiger partial charge on any atom is 0.352 e. The fourth-order valence-electron chi connectivity index (χ4n) is 3.97. The van der Waals surface area contributed by atoms with E-state index in [0.29, 0.717) is 5.56 Å². The second-order valence-electron chi connectivity index (χ2n) is 7.62. The van der Waals surface area contributed by atoms with E-state index in [9.17, 15) is 34.5 Å². The third kappa shape index (κ3) is 4.26. The molecular formula is C20H20N6O7S2. The number of β-lactam (4-membered cyclic amide) rings is 1. The molecule has 2 aliphatic heterocycles. The molecule has 2 amide bonds. The van der Waals surface area contributed by atoms with Crippen LogP contribution in [0.15, 0.2) is 46.8 Å². The van der Waals surface area contributed by atoms with E-state index in [0.717, 1.165) is 28.4 Å². The molecule has 2 aliphatic rings. The monoisotopic (exact) mass is 520 g/mol. The molecule has 5 N–H and O–H groups in total. The van der Waals surface area contributed by atoms with Crippen molar-refractivity contribution >= 4 is 47.3 Å². The van der Waals surface area contributed by atoms with Gasteiger partial charge in [-0.15, -0.1) is 22.0 Å². The molecule has 3 heterocycles. The lowest BCUT2D eigenvalue weighted by molar-refractivity contribution is -0.152. The minimum Gasteiger partial charge on any atom is -0.480 e. The molecule has 0 aliphatic carbocycles. The summed E-state index contributed by atoms with van der Waals surface area (Å²) in [6.07, 6.45) is -1.53. The molecule has 1 saturated heterocycles. The molecule has 4 rings (SSSR count). The van der Waals surface area contributed by atoms with Crippen LogP contribution in [0.2, 0.25) is 0 Å². The summed E-state index contributed by atoms with van der Waals surface area (Å²) in [5, 5.41) is 45.3. The number of aromatic amines is 1. The smallest absolute Gasteiger partial charge is 0.352 e. The molecule has 0 radical (unpaired) electrons. The predicted octanol–water partition coefficient (Wildman–Crippen LogP) is -0.00260. The Morgan fingerprint density at radius 3 is 2.60 bits per heavy atom. The highest BCUT2D eigenvalue weighted by molar-refractivity contribution is 8.02. The lowest BCUT2D eigenvalue weighted by Crippen LogP contribution is -2.71.